The zero-order valence-electron chi connectivity index (χ0n) is 17.5. The lowest BCUT2D eigenvalue weighted by Gasteiger charge is -2.18. The maximum atomic E-state index is 12.2. The fourth-order valence-corrected chi connectivity index (χ4v) is 4.03. The molecule has 2 N–H and O–H groups in total. The number of rotatable bonds is 12. The van der Waals surface area contributed by atoms with E-state index in [-0.39, 0.29) is 36.4 Å². The molecule has 0 fully saturated rings. The van der Waals surface area contributed by atoms with Gasteiger partial charge in [0.2, 0.25) is 6.79 Å². The molecule has 1 heterocycles. The van der Waals surface area contributed by atoms with Gasteiger partial charge in [0.05, 0.1) is 0 Å². The van der Waals surface area contributed by atoms with E-state index in [1.807, 2.05) is 6.07 Å². The van der Waals surface area contributed by atoms with Crippen LogP contribution in [0, 0.1) is 0 Å². The Labute approximate surface area is 177 Å². The Balaban J connectivity index is 1.20. The monoisotopic (exact) mass is 416 g/mol. The van der Waals surface area contributed by atoms with E-state index >= 15 is 0 Å². The smallest absolute Gasteiger partial charge is 0.231 e. The van der Waals surface area contributed by atoms with Gasteiger partial charge in [0.1, 0.15) is 17.4 Å². The third-order valence-electron chi connectivity index (χ3n) is 5.83. The molecule has 6 heteroatoms. The number of aryl methyl sites for hydroxylation is 1. The van der Waals surface area contributed by atoms with E-state index < -0.39 is 11.9 Å². The number of aliphatic hydroxyl groups excluding tert-OH is 2. The number of carbonyl (C=O) groups excluding carboxylic acids is 2. The van der Waals surface area contributed by atoms with Gasteiger partial charge in [-0.2, -0.15) is 0 Å². The second kappa shape index (κ2) is 11.2. The fourth-order valence-electron chi connectivity index (χ4n) is 4.03. The number of ether oxygens (including phenoxy) is 2. The highest BCUT2D eigenvalue weighted by atomic mass is 16.7. The van der Waals surface area contributed by atoms with Crippen molar-refractivity contribution >= 4 is 11.6 Å². The van der Waals surface area contributed by atoms with E-state index in [0.717, 1.165) is 43.6 Å². The van der Waals surface area contributed by atoms with E-state index in [2.05, 4.69) is 12.1 Å². The summed E-state index contributed by atoms with van der Waals surface area (Å²) in [6.45, 7) is 0.314. The van der Waals surface area contributed by atoms with Crippen LogP contribution in [0.1, 0.15) is 76.2 Å². The molecule has 2 aliphatic rings. The molecule has 6 nitrogen and oxygen atoms in total. The number of hydrogen-bond donors (Lipinski definition) is 2. The Morgan fingerprint density at radius 1 is 0.967 bits per heavy atom. The van der Waals surface area contributed by atoms with Crippen LogP contribution in [0.5, 0.6) is 11.5 Å². The molecule has 0 aromatic heterocycles. The highest BCUT2D eigenvalue weighted by molar-refractivity contribution is 6.21. The van der Waals surface area contributed by atoms with Gasteiger partial charge in [0.15, 0.2) is 23.1 Å². The SMILES string of the molecule is O=C(CCCCCCCCCCc1ccc2c(c1)OCO2)C1=C(O)C(O)CCC1=O. The molecule has 0 bridgehead atoms. The quantitative estimate of drug-likeness (QED) is 0.383. The van der Waals surface area contributed by atoms with E-state index in [0.29, 0.717) is 13.2 Å². The summed E-state index contributed by atoms with van der Waals surface area (Å²) in [6.07, 6.45) is 9.16. The minimum absolute atomic E-state index is 0.126. The average molecular weight is 417 g/mol. The first-order chi connectivity index (χ1) is 14.6. The maximum Gasteiger partial charge on any atom is 0.231 e. The summed E-state index contributed by atoms with van der Waals surface area (Å²) < 4.78 is 10.7. The summed E-state index contributed by atoms with van der Waals surface area (Å²) in [5.74, 6) is 0.568. The summed E-state index contributed by atoms with van der Waals surface area (Å²) in [7, 11) is 0. The minimum Gasteiger partial charge on any atom is -0.509 e. The van der Waals surface area contributed by atoms with Gasteiger partial charge in [0.25, 0.3) is 0 Å². The van der Waals surface area contributed by atoms with Crippen molar-refractivity contribution in [2.75, 3.05) is 6.79 Å². The second-order valence-corrected chi connectivity index (χ2v) is 8.18. The number of fused-ring (bicyclic) bond motifs is 1. The number of aliphatic hydroxyl groups is 2. The van der Waals surface area contributed by atoms with Crippen LogP contribution in [0.15, 0.2) is 29.5 Å². The number of benzene rings is 1. The predicted octanol–water partition coefficient (Wildman–Crippen LogP) is 4.57. The van der Waals surface area contributed by atoms with Crippen molar-refractivity contribution in [1.29, 1.82) is 0 Å². The molecule has 1 aliphatic heterocycles. The fraction of sp³-hybridized carbons (Fsp3) is 0.583. The number of Topliss-reactive ketones (excluding diaryl/α,β-unsaturated/α-hetero) is 2. The van der Waals surface area contributed by atoms with E-state index in [4.69, 9.17) is 9.47 Å². The number of unbranched alkanes of at least 4 members (excludes halogenated alkanes) is 7. The Hall–Kier alpha value is -2.34. The molecule has 1 aromatic rings. The largest absolute Gasteiger partial charge is 0.509 e. The first-order valence-corrected chi connectivity index (χ1v) is 11.1. The van der Waals surface area contributed by atoms with Crippen molar-refractivity contribution in [3.63, 3.8) is 0 Å². The normalized spacial score (nSPS) is 18.2. The Morgan fingerprint density at radius 3 is 2.40 bits per heavy atom. The van der Waals surface area contributed by atoms with Crippen molar-refractivity contribution in [3.8, 4) is 11.5 Å². The van der Waals surface area contributed by atoms with Gasteiger partial charge < -0.3 is 19.7 Å². The number of carbonyl (C=O) groups is 2. The summed E-state index contributed by atoms with van der Waals surface area (Å²) in [6, 6.07) is 6.15. The highest BCUT2D eigenvalue weighted by Gasteiger charge is 2.30. The van der Waals surface area contributed by atoms with Crippen LogP contribution in [0.2, 0.25) is 0 Å². The first kappa shape index (κ1) is 22.3. The van der Waals surface area contributed by atoms with Crippen molar-refractivity contribution in [3.05, 3.63) is 35.1 Å². The average Bonchev–Trinajstić information content (AvgIpc) is 3.20. The van der Waals surface area contributed by atoms with Gasteiger partial charge in [-0.15, -0.1) is 0 Å². The maximum absolute atomic E-state index is 12.2. The lowest BCUT2D eigenvalue weighted by Crippen LogP contribution is -2.27. The summed E-state index contributed by atoms with van der Waals surface area (Å²) >= 11 is 0. The minimum atomic E-state index is -1.08. The van der Waals surface area contributed by atoms with Crippen LogP contribution in [0.25, 0.3) is 0 Å². The van der Waals surface area contributed by atoms with Crippen LogP contribution in [0.3, 0.4) is 0 Å². The van der Waals surface area contributed by atoms with Crippen LogP contribution in [0.4, 0.5) is 0 Å². The number of ketones is 2. The molecule has 0 radical (unpaired) electrons. The summed E-state index contributed by atoms with van der Waals surface area (Å²) in [5, 5.41) is 19.4. The highest BCUT2D eigenvalue weighted by Crippen LogP contribution is 2.33. The third-order valence-corrected chi connectivity index (χ3v) is 5.83. The van der Waals surface area contributed by atoms with Gasteiger partial charge in [0, 0.05) is 12.8 Å². The van der Waals surface area contributed by atoms with Gasteiger partial charge in [-0.1, -0.05) is 44.6 Å². The second-order valence-electron chi connectivity index (χ2n) is 8.18. The molecule has 1 aliphatic carbocycles. The third kappa shape index (κ3) is 6.08. The lowest BCUT2D eigenvalue weighted by atomic mass is 9.89. The molecule has 30 heavy (non-hydrogen) atoms. The summed E-state index contributed by atoms with van der Waals surface area (Å²) in [5.41, 5.74) is 1.12. The van der Waals surface area contributed by atoms with E-state index in [1.54, 1.807) is 0 Å². The van der Waals surface area contributed by atoms with Crippen molar-refractivity contribution < 1.29 is 29.3 Å². The van der Waals surface area contributed by atoms with Gasteiger partial charge in [-0.3, -0.25) is 9.59 Å². The molecule has 0 saturated carbocycles. The Bertz CT molecular complexity index is 782. The molecule has 1 unspecified atom stereocenters. The number of hydrogen-bond acceptors (Lipinski definition) is 6. The van der Waals surface area contributed by atoms with Gasteiger partial charge in [-0.25, -0.2) is 0 Å². The predicted molar refractivity (Wildman–Crippen MR) is 113 cm³/mol. The summed E-state index contributed by atoms with van der Waals surface area (Å²) in [4.78, 5) is 24.0. The van der Waals surface area contributed by atoms with Gasteiger partial charge >= 0.3 is 0 Å². The van der Waals surface area contributed by atoms with Crippen molar-refractivity contribution in [2.45, 2.75) is 83.2 Å². The van der Waals surface area contributed by atoms with Gasteiger partial charge in [-0.05, 0) is 43.4 Å². The molecular formula is C24H32O6. The van der Waals surface area contributed by atoms with Crippen LogP contribution in [-0.4, -0.2) is 34.7 Å². The lowest BCUT2D eigenvalue weighted by molar-refractivity contribution is -0.123. The molecule has 0 saturated heterocycles. The standard InChI is InChI=1S/C24H32O6/c25-18(23-19(26)12-13-20(27)24(23)28)10-8-6-4-2-1-3-5-7-9-17-11-14-21-22(15-17)30-16-29-21/h11,14-15,20,27-28H,1-10,12-13,16H2. The molecule has 1 aromatic carbocycles. The van der Waals surface area contributed by atoms with Crippen LogP contribution < -0.4 is 9.47 Å². The molecule has 1 atom stereocenters. The molecular weight excluding hydrogens is 384 g/mol. The molecule has 0 spiro atoms. The number of allylic oxidation sites excluding steroid dienone is 1. The Morgan fingerprint density at radius 2 is 1.63 bits per heavy atom. The van der Waals surface area contributed by atoms with Crippen molar-refractivity contribution in [1.82, 2.24) is 0 Å². The molecule has 0 amide bonds. The van der Waals surface area contributed by atoms with Crippen LogP contribution >= 0.6 is 0 Å². The van der Waals surface area contributed by atoms with E-state index in [1.165, 1.54) is 24.8 Å². The zero-order valence-corrected chi connectivity index (χ0v) is 17.5. The molecule has 164 valence electrons. The topological polar surface area (TPSA) is 93.1 Å². The first-order valence-electron chi connectivity index (χ1n) is 11.1. The Kier molecular flexibility index (Phi) is 8.31. The van der Waals surface area contributed by atoms with Crippen molar-refractivity contribution in [2.24, 2.45) is 0 Å². The van der Waals surface area contributed by atoms with Crippen LogP contribution in [-0.2, 0) is 16.0 Å². The molecule has 3 rings (SSSR count). The zero-order chi connectivity index (χ0) is 21.3. The van der Waals surface area contributed by atoms with E-state index in [9.17, 15) is 19.8 Å².